The van der Waals surface area contributed by atoms with Crippen LogP contribution in [0, 0.1) is 12.8 Å². The number of ether oxygens (including phenoxy) is 1. The van der Waals surface area contributed by atoms with Gasteiger partial charge in [-0.05, 0) is 50.5 Å². The Kier molecular flexibility index (Phi) is 7.10. The van der Waals surface area contributed by atoms with E-state index in [0.29, 0.717) is 37.6 Å². The van der Waals surface area contributed by atoms with Crippen LogP contribution in [0.5, 0.6) is 5.75 Å². The highest BCUT2D eigenvalue weighted by Gasteiger charge is 2.27. The Labute approximate surface area is 171 Å². The molecule has 2 aromatic rings. The van der Waals surface area contributed by atoms with Gasteiger partial charge in [0, 0.05) is 36.0 Å². The van der Waals surface area contributed by atoms with Crippen LogP contribution < -0.4 is 4.74 Å². The van der Waals surface area contributed by atoms with Crippen LogP contribution in [-0.2, 0) is 4.79 Å². The predicted molar refractivity (Wildman–Crippen MR) is 111 cm³/mol. The lowest BCUT2D eigenvalue weighted by atomic mass is 9.88. The molecule has 5 heteroatoms. The number of rotatable bonds is 7. The summed E-state index contributed by atoms with van der Waals surface area (Å²) in [7, 11) is 0. The maximum atomic E-state index is 12.6. The quantitative estimate of drug-likeness (QED) is 0.490. The molecule has 28 heavy (non-hydrogen) atoms. The molecule has 1 saturated heterocycles. The van der Waals surface area contributed by atoms with E-state index in [4.69, 9.17) is 16.3 Å². The SMILES string of the molecule is Cc1ccc(C(=O)C2CCN(C(=O)CCCOc3ccc(Cl)cc3)CC2)cc1. The average molecular weight is 400 g/mol. The molecule has 1 aliphatic heterocycles. The molecule has 3 rings (SSSR count). The number of hydrogen-bond acceptors (Lipinski definition) is 3. The smallest absolute Gasteiger partial charge is 0.222 e. The van der Waals surface area contributed by atoms with E-state index < -0.39 is 0 Å². The molecule has 0 N–H and O–H groups in total. The van der Waals surface area contributed by atoms with Crippen LogP contribution in [0.25, 0.3) is 0 Å². The molecule has 0 atom stereocenters. The van der Waals surface area contributed by atoms with E-state index in [1.807, 2.05) is 48.2 Å². The number of carbonyl (C=O) groups excluding carboxylic acids is 2. The Morgan fingerprint density at radius 2 is 1.68 bits per heavy atom. The zero-order chi connectivity index (χ0) is 19.9. The minimum absolute atomic E-state index is 0.0139. The van der Waals surface area contributed by atoms with Crippen LogP contribution in [0.4, 0.5) is 0 Å². The first-order valence-electron chi connectivity index (χ1n) is 9.80. The second kappa shape index (κ2) is 9.74. The van der Waals surface area contributed by atoms with Gasteiger partial charge in [-0.15, -0.1) is 0 Å². The Bertz CT molecular complexity index is 794. The Balaban J connectivity index is 1.38. The molecule has 1 aliphatic rings. The summed E-state index contributed by atoms with van der Waals surface area (Å²) in [5, 5.41) is 0.673. The number of ketones is 1. The summed E-state index contributed by atoms with van der Waals surface area (Å²) in [4.78, 5) is 26.9. The summed E-state index contributed by atoms with van der Waals surface area (Å²) in [6.45, 7) is 3.81. The van der Waals surface area contributed by atoms with Crippen molar-refractivity contribution in [1.82, 2.24) is 4.90 Å². The number of amides is 1. The van der Waals surface area contributed by atoms with Crippen molar-refractivity contribution in [3.8, 4) is 5.75 Å². The largest absolute Gasteiger partial charge is 0.494 e. The highest BCUT2D eigenvalue weighted by molar-refractivity contribution is 6.30. The number of Topliss-reactive ketones (excluding diaryl/α,β-unsaturated/α-hetero) is 1. The molecule has 0 spiro atoms. The van der Waals surface area contributed by atoms with Crippen molar-refractivity contribution in [3.05, 3.63) is 64.7 Å². The van der Waals surface area contributed by atoms with Crippen molar-refractivity contribution in [3.63, 3.8) is 0 Å². The normalized spacial score (nSPS) is 14.7. The molecular formula is C23H26ClNO3. The van der Waals surface area contributed by atoms with Crippen LogP contribution in [0.3, 0.4) is 0 Å². The molecule has 2 aromatic carbocycles. The second-order valence-corrected chi connectivity index (χ2v) is 7.73. The Hall–Kier alpha value is -2.33. The monoisotopic (exact) mass is 399 g/mol. The minimum atomic E-state index is 0.0139. The minimum Gasteiger partial charge on any atom is -0.494 e. The first-order valence-corrected chi connectivity index (χ1v) is 10.2. The number of carbonyl (C=O) groups is 2. The van der Waals surface area contributed by atoms with Crippen molar-refractivity contribution in [1.29, 1.82) is 0 Å². The Morgan fingerprint density at radius 3 is 2.32 bits per heavy atom. The molecule has 0 bridgehead atoms. The third-order valence-electron chi connectivity index (χ3n) is 5.17. The van der Waals surface area contributed by atoms with Crippen LogP contribution in [-0.4, -0.2) is 36.3 Å². The van der Waals surface area contributed by atoms with E-state index in [1.54, 1.807) is 12.1 Å². The third kappa shape index (κ3) is 5.59. The van der Waals surface area contributed by atoms with E-state index in [2.05, 4.69) is 0 Å². The van der Waals surface area contributed by atoms with Gasteiger partial charge in [0.1, 0.15) is 5.75 Å². The molecule has 0 saturated carbocycles. The highest BCUT2D eigenvalue weighted by Crippen LogP contribution is 2.23. The van der Waals surface area contributed by atoms with Crippen LogP contribution in [0.1, 0.15) is 41.6 Å². The third-order valence-corrected chi connectivity index (χ3v) is 5.42. The lowest BCUT2D eigenvalue weighted by molar-refractivity contribution is -0.132. The van der Waals surface area contributed by atoms with Gasteiger partial charge in [0.25, 0.3) is 0 Å². The lowest BCUT2D eigenvalue weighted by Gasteiger charge is -2.31. The fraction of sp³-hybridized carbons (Fsp3) is 0.391. The van der Waals surface area contributed by atoms with Crippen molar-refractivity contribution < 1.29 is 14.3 Å². The maximum Gasteiger partial charge on any atom is 0.222 e. The zero-order valence-corrected chi connectivity index (χ0v) is 17.0. The highest BCUT2D eigenvalue weighted by atomic mass is 35.5. The standard InChI is InChI=1S/C23H26ClNO3/c1-17-4-6-18(7-5-17)23(27)19-12-14-25(15-13-19)22(26)3-2-16-28-21-10-8-20(24)9-11-21/h4-11,19H,2-3,12-16H2,1H3. The molecule has 1 fully saturated rings. The number of nitrogens with zero attached hydrogens (tertiary/aromatic N) is 1. The molecule has 0 radical (unpaired) electrons. The fourth-order valence-electron chi connectivity index (χ4n) is 3.45. The van der Waals surface area contributed by atoms with Crippen molar-refractivity contribution in [2.45, 2.75) is 32.6 Å². The van der Waals surface area contributed by atoms with Gasteiger partial charge >= 0.3 is 0 Å². The molecular weight excluding hydrogens is 374 g/mol. The van der Waals surface area contributed by atoms with Crippen LogP contribution in [0.15, 0.2) is 48.5 Å². The van der Waals surface area contributed by atoms with Gasteiger partial charge in [-0.2, -0.15) is 0 Å². The molecule has 0 aromatic heterocycles. The summed E-state index contributed by atoms with van der Waals surface area (Å²) in [6.07, 6.45) is 2.60. The fourth-order valence-corrected chi connectivity index (χ4v) is 3.57. The van der Waals surface area contributed by atoms with Gasteiger partial charge in [0.2, 0.25) is 5.91 Å². The number of aryl methyl sites for hydroxylation is 1. The number of likely N-dealkylation sites (tertiary alicyclic amines) is 1. The van der Waals surface area contributed by atoms with Crippen molar-refractivity contribution in [2.75, 3.05) is 19.7 Å². The molecule has 0 unspecified atom stereocenters. The summed E-state index contributed by atoms with van der Waals surface area (Å²) < 4.78 is 5.63. The number of piperidine rings is 1. The van der Waals surface area contributed by atoms with Gasteiger partial charge in [0.15, 0.2) is 5.78 Å². The van der Waals surface area contributed by atoms with Gasteiger partial charge in [-0.25, -0.2) is 0 Å². The molecule has 1 amide bonds. The second-order valence-electron chi connectivity index (χ2n) is 7.29. The topological polar surface area (TPSA) is 46.6 Å². The first kappa shape index (κ1) is 20.4. The zero-order valence-electron chi connectivity index (χ0n) is 16.2. The van der Waals surface area contributed by atoms with Crippen LogP contribution >= 0.6 is 11.6 Å². The molecule has 148 valence electrons. The summed E-state index contributed by atoms with van der Waals surface area (Å²) in [5.74, 6) is 1.11. The predicted octanol–water partition coefficient (Wildman–Crippen LogP) is 4.93. The van der Waals surface area contributed by atoms with Crippen molar-refractivity contribution in [2.24, 2.45) is 5.92 Å². The number of benzene rings is 2. The molecule has 0 aliphatic carbocycles. The van der Waals surface area contributed by atoms with E-state index in [-0.39, 0.29) is 17.6 Å². The lowest BCUT2D eigenvalue weighted by Crippen LogP contribution is -2.40. The van der Waals surface area contributed by atoms with Gasteiger partial charge in [-0.1, -0.05) is 41.4 Å². The van der Waals surface area contributed by atoms with E-state index in [1.165, 1.54) is 0 Å². The van der Waals surface area contributed by atoms with Crippen LogP contribution in [0.2, 0.25) is 5.02 Å². The van der Waals surface area contributed by atoms with E-state index in [0.717, 1.165) is 29.7 Å². The molecule has 1 heterocycles. The average Bonchev–Trinajstić information content (AvgIpc) is 2.72. The number of hydrogen-bond donors (Lipinski definition) is 0. The van der Waals surface area contributed by atoms with E-state index >= 15 is 0 Å². The maximum absolute atomic E-state index is 12.6. The van der Waals surface area contributed by atoms with Gasteiger partial charge < -0.3 is 9.64 Å². The molecule has 4 nitrogen and oxygen atoms in total. The van der Waals surface area contributed by atoms with E-state index in [9.17, 15) is 9.59 Å². The first-order chi connectivity index (χ1) is 13.5. The summed E-state index contributed by atoms with van der Waals surface area (Å²) in [5.41, 5.74) is 1.92. The van der Waals surface area contributed by atoms with Gasteiger partial charge in [-0.3, -0.25) is 9.59 Å². The summed E-state index contributed by atoms with van der Waals surface area (Å²) in [6, 6.07) is 14.9. The number of halogens is 1. The van der Waals surface area contributed by atoms with Crippen molar-refractivity contribution >= 4 is 23.3 Å². The van der Waals surface area contributed by atoms with Gasteiger partial charge in [0.05, 0.1) is 6.61 Å². The summed E-state index contributed by atoms with van der Waals surface area (Å²) >= 11 is 5.84. The Morgan fingerprint density at radius 1 is 1.04 bits per heavy atom.